The Hall–Kier alpha value is -1.31. The van der Waals surface area contributed by atoms with Gasteiger partial charge in [-0.05, 0) is 19.4 Å². The van der Waals surface area contributed by atoms with Crippen LogP contribution in [-0.4, -0.2) is 5.71 Å². The fourth-order valence-electron chi connectivity index (χ4n) is 0.945. The molecule has 0 amide bonds. The Kier molecular flexibility index (Phi) is 2.26. The zero-order valence-corrected chi connectivity index (χ0v) is 6.83. The zero-order chi connectivity index (χ0) is 8.27. The molecular formula is C9H12N2. The van der Waals surface area contributed by atoms with Gasteiger partial charge in [0.15, 0.2) is 0 Å². The van der Waals surface area contributed by atoms with Gasteiger partial charge in [-0.15, -0.1) is 0 Å². The van der Waals surface area contributed by atoms with E-state index < -0.39 is 0 Å². The molecule has 1 aromatic carbocycles. The molecule has 0 aliphatic heterocycles. The van der Waals surface area contributed by atoms with Crippen LogP contribution in [0.1, 0.15) is 18.1 Å². The summed E-state index contributed by atoms with van der Waals surface area (Å²) in [5.41, 5.74) is 3.19. The van der Waals surface area contributed by atoms with Crippen LogP contribution in [0.3, 0.4) is 0 Å². The van der Waals surface area contributed by atoms with Crippen molar-refractivity contribution in [1.82, 2.24) is 0 Å². The first-order valence-electron chi connectivity index (χ1n) is 3.55. The van der Waals surface area contributed by atoms with E-state index in [2.05, 4.69) is 11.2 Å². The molecule has 2 heteroatoms. The fraction of sp³-hybridized carbons (Fsp3) is 0.222. The lowest BCUT2D eigenvalue weighted by Gasteiger charge is -1.98. The maximum absolute atomic E-state index is 5.14. The van der Waals surface area contributed by atoms with Crippen molar-refractivity contribution in [2.24, 2.45) is 10.9 Å². The monoisotopic (exact) mass is 148 g/mol. The average molecular weight is 148 g/mol. The lowest BCUT2D eigenvalue weighted by Crippen LogP contribution is -1.98. The van der Waals surface area contributed by atoms with Crippen molar-refractivity contribution < 1.29 is 0 Å². The van der Waals surface area contributed by atoms with E-state index in [1.165, 1.54) is 5.56 Å². The van der Waals surface area contributed by atoms with E-state index in [4.69, 9.17) is 5.84 Å². The molecule has 0 atom stereocenters. The van der Waals surface area contributed by atoms with Gasteiger partial charge in [0.2, 0.25) is 0 Å². The zero-order valence-electron chi connectivity index (χ0n) is 6.83. The summed E-state index contributed by atoms with van der Waals surface area (Å²) >= 11 is 0. The third kappa shape index (κ3) is 1.80. The number of nitrogens with zero attached hydrogens (tertiary/aromatic N) is 1. The molecule has 58 valence electrons. The number of benzene rings is 1. The molecule has 0 unspecified atom stereocenters. The van der Waals surface area contributed by atoms with E-state index in [1.54, 1.807) is 0 Å². The van der Waals surface area contributed by atoms with Gasteiger partial charge in [-0.3, -0.25) is 0 Å². The number of hydrogen-bond donors (Lipinski definition) is 1. The summed E-state index contributed by atoms with van der Waals surface area (Å²) in [7, 11) is 0. The molecular weight excluding hydrogens is 136 g/mol. The van der Waals surface area contributed by atoms with Crippen LogP contribution in [0.25, 0.3) is 0 Å². The maximum Gasteiger partial charge on any atom is 0.0641 e. The predicted molar refractivity (Wildman–Crippen MR) is 47.6 cm³/mol. The Balaban J connectivity index is 3.06. The summed E-state index contributed by atoms with van der Waals surface area (Å²) in [6.07, 6.45) is 0. The van der Waals surface area contributed by atoms with Crippen LogP contribution < -0.4 is 5.84 Å². The van der Waals surface area contributed by atoms with Gasteiger partial charge in [-0.2, -0.15) is 5.10 Å². The van der Waals surface area contributed by atoms with Crippen LogP contribution in [0.4, 0.5) is 0 Å². The van der Waals surface area contributed by atoms with Gasteiger partial charge >= 0.3 is 0 Å². The molecule has 0 saturated carbocycles. The van der Waals surface area contributed by atoms with E-state index >= 15 is 0 Å². The summed E-state index contributed by atoms with van der Waals surface area (Å²) in [4.78, 5) is 0. The fourth-order valence-corrected chi connectivity index (χ4v) is 0.945. The summed E-state index contributed by atoms with van der Waals surface area (Å²) in [6.45, 7) is 3.95. The minimum absolute atomic E-state index is 0.869. The van der Waals surface area contributed by atoms with Gasteiger partial charge < -0.3 is 5.84 Å². The number of hydrogen-bond acceptors (Lipinski definition) is 2. The van der Waals surface area contributed by atoms with Crippen LogP contribution in [0, 0.1) is 6.92 Å². The van der Waals surface area contributed by atoms with Crippen molar-refractivity contribution in [1.29, 1.82) is 0 Å². The van der Waals surface area contributed by atoms with Crippen LogP contribution in [-0.2, 0) is 0 Å². The number of aryl methyl sites for hydroxylation is 1. The summed E-state index contributed by atoms with van der Waals surface area (Å²) in [5, 5.41) is 3.62. The quantitative estimate of drug-likeness (QED) is 0.367. The van der Waals surface area contributed by atoms with Gasteiger partial charge in [0, 0.05) is 0 Å². The Bertz CT molecular complexity index is 277. The standard InChI is InChI=1S/C9H12N2/c1-7-4-3-5-9(6-7)8(2)11-10/h3-6H,10H2,1-2H3/b11-8+. The molecule has 2 N–H and O–H groups in total. The van der Waals surface area contributed by atoms with Crippen LogP contribution in [0.2, 0.25) is 0 Å². The Labute approximate surface area is 66.7 Å². The van der Waals surface area contributed by atoms with Crippen molar-refractivity contribution in [3.8, 4) is 0 Å². The number of rotatable bonds is 1. The van der Waals surface area contributed by atoms with E-state index in [9.17, 15) is 0 Å². The minimum atomic E-state index is 0.869. The van der Waals surface area contributed by atoms with Gasteiger partial charge in [0.05, 0.1) is 5.71 Å². The van der Waals surface area contributed by atoms with Crippen LogP contribution in [0.15, 0.2) is 29.4 Å². The first-order valence-corrected chi connectivity index (χ1v) is 3.55. The van der Waals surface area contributed by atoms with Crippen molar-refractivity contribution >= 4 is 5.71 Å². The van der Waals surface area contributed by atoms with Gasteiger partial charge in [-0.1, -0.05) is 29.8 Å². The van der Waals surface area contributed by atoms with Gasteiger partial charge in [0.25, 0.3) is 0 Å². The normalized spacial score (nSPS) is 11.6. The topological polar surface area (TPSA) is 38.4 Å². The van der Waals surface area contributed by atoms with E-state index in [0.717, 1.165) is 11.3 Å². The summed E-state index contributed by atoms with van der Waals surface area (Å²) in [6, 6.07) is 8.11. The molecule has 0 aliphatic rings. The van der Waals surface area contributed by atoms with Crippen molar-refractivity contribution in [2.45, 2.75) is 13.8 Å². The smallest absolute Gasteiger partial charge is 0.0641 e. The minimum Gasteiger partial charge on any atom is -0.323 e. The molecule has 1 aromatic rings. The highest BCUT2D eigenvalue weighted by molar-refractivity contribution is 5.98. The largest absolute Gasteiger partial charge is 0.323 e. The van der Waals surface area contributed by atoms with Crippen LogP contribution in [0.5, 0.6) is 0 Å². The van der Waals surface area contributed by atoms with Gasteiger partial charge in [-0.25, -0.2) is 0 Å². The number of nitrogens with two attached hydrogens (primary N) is 1. The van der Waals surface area contributed by atoms with E-state index in [0.29, 0.717) is 0 Å². The molecule has 2 nitrogen and oxygen atoms in total. The van der Waals surface area contributed by atoms with E-state index in [-0.39, 0.29) is 0 Å². The predicted octanol–water partition coefficient (Wildman–Crippen LogP) is 1.68. The molecule has 0 radical (unpaired) electrons. The second-order valence-electron chi connectivity index (χ2n) is 2.58. The van der Waals surface area contributed by atoms with Crippen molar-refractivity contribution in [3.05, 3.63) is 35.4 Å². The molecule has 0 bridgehead atoms. The van der Waals surface area contributed by atoms with Gasteiger partial charge in [0.1, 0.15) is 0 Å². The average Bonchev–Trinajstić information content (AvgIpc) is 2.03. The molecule has 11 heavy (non-hydrogen) atoms. The highest BCUT2D eigenvalue weighted by Crippen LogP contribution is 2.04. The van der Waals surface area contributed by atoms with Crippen LogP contribution >= 0.6 is 0 Å². The second-order valence-corrected chi connectivity index (χ2v) is 2.58. The first kappa shape index (κ1) is 7.79. The van der Waals surface area contributed by atoms with Crippen molar-refractivity contribution in [2.75, 3.05) is 0 Å². The van der Waals surface area contributed by atoms with Crippen molar-refractivity contribution in [3.63, 3.8) is 0 Å². The molecule has 0 aromatic heterocycles. The molecule has 0 fully saturated rings. The first-order chi connectivity index (χ1) is 5.24. The maximum atomic E-state index is 5.14. The lowest BCUT2D eigenvalue weighted by molar-refractivity contribution is 1.23. The molecule has 1 rings (SSSR count). The third-order valence-electron chi connectivity index (χ3n) is 1.63. The summed E-state index contributed by atoms with van der Waals surface area (Å²) in [5.74, 6) is 5.14. The molecule has 0 saturated heterocycles. The Morgan fingerprint density at radius 2 is 2.18 bits per heavy atom. The Morgan fingerprint density at radius 1 is 1.45 bits per heavy atom. The lowest BCUT2D eigenvalue weighted by atomic mass is 10.1. The second kappa shape index (κ2) is 3.19. The van der Waals surface area contributed by atoms with E-state index in [1.807, 2.05) is 32.0 Å². The SMILES string of the molecule is C/C(=N\N)c1cccc(C)c1. The highest BCUT2D eigenvalue weighted by atomic mass is 15.1. The summed E-state index contributed by atoms with van der Waals surface area (Å²) < 4.78 is 0. The molecule has 0 heterocycles. The highest BCUT2D eigenvalue weighted by Gasteiger charge is 1.94. The number of hydrazone groups is 1. The molecule has 0 spiro atoms. The molecule has 0 aliphatic carbocycles. The Morgan fingerprint density at radius 3 is 2.73 bits per heavy atom. The third-order valence-corrected chi connectivity index (χ3v) is 1.63.